The Hall–Kier alpha value is -2.10. The second kappa shape index (κ2) is 6.77. The Morgan fingerprint density at radius 2 is 1.86 bits per heavy atom. The highest BCUT2D eigenvalue weighted by Gasteiger charge is 2.27. The molecular weight excluding hydrogens is 280 g/mol. The highest BCUT2D eigenvalue weighted by atomic mass is 16.5. The summed E-state index contributed by atoms with van der Waals surface area (Å²) in [7, 11) is 1.59. The predicted molar refractivity (Wildman–Crippen MR) is 84.3 cm³/mol. The van der Waals surface area contributed by atoms with Crippen LogP contribution in [0.25, 0.3) is 0 Å². The first-order valence-corrected chi connectivity index (χ1v) is 7.60. The number of allylic oxidation sites excluding steroid dienone is 2. The molecule has 1 fully saturated rings. The zero-order chi connectivity index (χ0) is 16.3. The maximum atomic E-state index is 11.9. The molecule has 2 rings (SSSR count). The zero-order valence-electron chi connectivity index (χ0n) is 13.3. The van der Waals surface area contributed by atoms with Crippen LogP contribution in [0.3, 0.4) is 0 Å². The number of hydrogen-bond acceptors (Lipinski definition) is 4. The fourth-order valence-corrected chi connectivity index (χ4v) is 2.85. The highest BCUT2D eigenvalue weighted by molar-refractivity contribution is 6.22. The maximum Gasteiger partial charge on any atom is 0.169 e. The van der Waals surface area contributed by atoms with Crippen molar-refractivity contribution in [2.45, 2.75) is 45.4 Å². The first-order chi connectivity index (χ1) is 10.5. The first kappa shape index (κ1) is 16.3. The average Bonchev–Trinajstić information content (AvgIpc) is 2.46. The molecule has 0 unspecified atom stereocenters. The minimum atomic E-state index is -0.257. The summed E-state index contributed by atoms with van der Waals surface area (Å²) in [6.45, 7) is 4.13. The number of methoxy groups -OCH3 is 1. The van der Waals surface area contributed by atoms with Crippen LogP contribution in [0.2, 0.25) is 0 Å². The van der Waals surface area contributed by atoms with Gasteiger partial charge in [0.05, 0.1) is 12.7 Å². The number of ketones is 2. The molecule has 1 aromatic rings. The lowest BCUT2D eigenvalue weighted by atomic mass is 9.89. The molecule has 0 aliphatic heterocycles. The van der Waals surface area contributed by atoms with Gasteiger partial charge in [0.25, 0.3) is 0 Å². The predicted octanol–water partition coefficient (Wildman–Crippen LogP) is 3.50. The highest BCUT2D eigenvalue weighted by Crippen LogP contribution is 2.32. The van der Waals surface area contributed by atoms with Gasteiger partial charge in [0.2, 0.25) is 0 Å². The van der Waals surface area contributed by atoms with Crippen LogP contribution in [0.4, 0.5) is 0 Å². The summed E-state index contributed by atoms with van der Waals surface area (Å²) in [4.78, 5) is 23.8. The largest absolute Gasteiger partial charge is 0.511 e. The van der Waals surface area contributed by atoms with Gasteiger partial charge in [-0.3, -0.25) is 9.59 Å². The van der Waals surface area contributed by atoms with Crippen LogP contribution < -0.4 is 4.74 Å². The van der Waals surface area contributed by atoms with E-state index in [0.29, 0.717) is 25.0 Å². The molecule has 22 heavy (non-hydrogen) atoms. The summed E-state index contributed by atoms with van der Waals surface area (Å²) in [5.41, 5.74) is 1.80. The molecule has 0 amide bonds. The lowest BCUT2D eigenvalue weighted by Gasteiger charge is -2.17. The van der Waals surface area contributed by atoms with Crippen LogP contribution in [-0.2, 0) is 16.0 Å². The topological polar surface area (TPSA) is 63.6 Å². The van der Waals surface area contributed by atoms with Crippen molar-refractivity contribution < 1.29 is 19.4 Å². The quantitative estimate of drug-likeness (QED) is 0.525. The van der Waals surface area contributed by atoms with Gasteiger partial charge in [-0.1, -0.05) is 32.0 Å². The summed E-state index contributed by atoms with van der Waals surface area (Å²) in [5.74, 6) is 0.331. The van der Waals surface area contributed by atoms with Crippen LogP contribution in [0, 0.1) is 0 Å². The molecule has 0 bridgehead atoms. The Bertz CT molecular complexity index is 608. The molecule has 0 spiro atoms. The van der Waals surface area contributed by atoms with E-state index in [-0.39, 0.29) is 35.2 Å². The Morgan fingerprint density at radius 3 is 2.41 bits per heavy atom. The summed E-state index contributed by atoms with van der Waals surface area (Å²) in [6.07, 6.45) is 1.36. The number of Topliss-reactive ketones (excluding diaryl/α,β-unsaturated/α-hetero) is 2. The molecule has 0 aromatic heterocycles. The van der Waals surface area contributed by atoms with Gasteiger partial charge in [-0.25, -0.2) is 0 Å². The van der Waals surface area contributed by atoms with Crippen molar-refractivity contribution in [2.24, 2.45) is 0 Å². The number of para-hydroxylation sites is 1. The van der Waals surface area contributed by atoms with E-state index in [2.05, 4.69) is 13.8 Å². The number of benzene rings is 1. The molecule has 1 aliphatic rings. The minimum absolute atomic E-state index is 0.0248. The van der Waals surface area contributed by atoms with Crippen molar-refractivity contribution in [3.8, 4) is 5.75 Å². The monoisotopic (exact) mass is 302 g/mol. The molecule has 0 radical (unpaired) electrons. The van der Waals surface area contributed by atoms with Gasteiger partial charge in [-0.2, -0.15) is 0 Å². The number of aliphatic hydroxyl groups is 1. The number of rotatable bonds is 4. The van der Waals surface area contributed by atoms with E-state index in [9.17, 15) is 14.7 Å². The summed E-state index contributed by atoms with van der Waals surface area (Å²) >= 11 is 0. The van der Waals surface area contributed by atoms with Crippen molar-refractivity contribution in [2.75, 3.05) is 7.11 Å². The van der Waals surface area contributed by atoms with Crippen LogP contribution in [0.5, 0.6) is 5.75 Å². The average molecular weight is 302 g/mol. The Morgan fingerprint density at radius 1 is 1.23 bits per heavy atom. The molecule has 1 aliphatic carbocycles. The molecule has 4 nitrogen and oxygen atoms in total. The van der Waals surface area contributed by atoms with Gasteiger partial charge in [0.1, 0.15) is 11.5 Å². The van der Waals surface area contributed by atoms with Gasteiger partial charge in [0, 0.05) is 24.8 Å². The first-order valence-electron chi connectivity index (χ1n) is 7.60. The van der Waals surface area contributed by atoms with Crippen molar-refractivity contribution in [3.05, 3.63) is 40.7 Å². The molecule has 118 valence electrons. The van der Waals surface area contributed by atoms with Gasteiger partial charge in [-0.05, 0) is 17.9 Å². The van der Waals surface area contributed by atoms with Crippen LogP contribution in [0.15, 0.2) is 29.5 Å². The van der Waals surface area contributed by atoms with E-state index in [0.717, 1.165) is 11.1 Å². The third kappa shape index (κ3) is 3.21. The zero-order valence-corrected chi connectivity index (χ0v) is 13.3. The van der Waals surface area contributed by atoms with E-state index in [4.69, 9.17) is 4.74 Å². The standard InChI is InChI=1S/C18H22O4/c1-11(2)13-7-4-6-12(18(13)22-3)10-16(21)17-14(19)8-5-9-15(17)20/h4,6-7,11,21H,5,8-10H2,1-3H3. The molecule has 1 aromatic carbocycles. The van der Waals surface area contributed by atoms with Crippen LogP contribution in [0.1, 0.15) is 50.2 Å². The molecule has 1 saturated carbocycles. The van der Waals surface area contributed by atoms with Crippen molar-refractivity contribution in [3.63, 3.8) is 0 Å². The molecule has 4 heteroatoms. The second-order valence-corrected chi connectivity index (χ2v) is 5.89. The molecular formula is C18H22O4. The number of hydrogen-bond donors (Lipinski definition) is 1. The smallest absolute Gasteiger partial charge is 0.169 e. The number of ether oxygens (including phenoxy) is 1. The molecule has 0 atom stereocenters. The van der Waals surface area contributed by atoms with Crippen molar-refractivity contribution in [1.29, 1.82) is 0 Å². The lowest BCUT2D eigenvalue weighted by Crippen LogP contribution is -2.21. The van der Waals surface area contributed by atoms with Gasteiger partial charge < -0.3 is 9.84 Å². The van der Waals surface area contributed by atoms with E-state index in [1.807, 2.05) is 18.2 Å². The second-order valence-electron chi connectivity index (χ2n) is 5.89. The van der Waals surface area contributed by atoms with Crippen LogP contribution >= 0.6 is 0 Å². The van der Waals surface area contributed by atoms with E-state index in [1.54, 1.807) is 7.11 Å². The summed E-state index contributed by atoms with van der Waals surface area (Å²) < 4.78 is 5.48. The van der Waals surface area contributed by atoms with E-state index in [1.165, 1.54) is 0 Å². The number of aliphatic hydroxyl groups excluding tert-OH is 1. The van der Waals surface area contributed by atoms with Gasteiger partial charge >= 0.3 is 0 Å². The molecule has 1 N–H and O–H groups in total. The Balaban J connectivity index is 2.40. The Kier molecular flexibility index (Phi) is 5.01. The molecule has 0 heterocycles. The van der Waals surface area contributed by atoms with E-state index < -0.39 is 0 Å². The third-order valence-electron chi connectivity index (χ3n) is 3.96. The number of carbonyl (C=O) groups is 2. The maximum absolute atomic E-state index is 11.9. The molecule has 0 saturated heterocycles. The number of carbonyl (C=O) groups excluding carboxylic acids is 2. The minimum Gasteiger partial charge on any atom is -0.511 e. The summed E-state index contributed by atoms with van der Waals surface area (Å²) in [6, 6.07) is 5.73. The SMILES string of the molecule is COc1c(CC(O)=C2C(=O)CCCC2=O)cccc1C(C)C. The van der Waals surface area contributed by atoms with Gasteiger partial charge in [0.15, 0.2) is 11.6 Å². The van der Waals surface area contributed by atoms with Crippen LogP contribution in [-0.4, -0.2) is 23.8 Å². The third-order valence-corrected chi connectivity index (χ3v) is 3.96. The van der Waals surface area contributed by atoms with E-state index >= 15 is 0 Å². The van der Waals surface area contributed by atoms with Gasteiger partial charge in [-0.15, -0.1) is 0 Å². The fraction of sp³-hybridized carbons (Fsp3) is 0.444. The van der Waals surface area contributed by atoms with Crippen molar-refractivity contribution >= 4 is 11.6 Å². The summed E-state index contributed by atoms with van der Waals surface area (Å²) in [5, 5.41) is 10.3. The Labute approximate surface area is 130 Å². The normalized spacial score (nSPS) is 15.4. The lowest BCUT2D eigenvalue weighted by molar-refractivity contribution is -0.124. The van der Waals surface area contributed by atoms with Crippen molar-refractivity contribution in [1.82, 2.24) is 0 Å². The fourth-order valence-electron chi connectivity index (χ4n) is 2.85.